The predicted octanol–water partition coefficient (Wildman–Crippen LogP) is 2.85. The number of nitro groups is 1. The van der Waals surface area contributed by atoms with Crippen molar-refractivity contribution in [2.75, 3.05) is 5.32 Å². The standard InChI is InChI=1S/C14H10ClN5O3/c1-8-17-18-13-6-9(4-5-19(8)13)14(21)16-10-2-3-11(15)12(7-10)20(22)23/h2-7H,1H3,(H,16,21). The van der Waals surface area contributed by atoms with Gasteiger partial charge in [0, 0.05) is 23.5 Å². The minimum absolute atomic E-state index is 0.00773. The van der Waals surface area contributed by atoms with E-state index in [2.05, 4.69) is 15.5 Å². The molecule has 23 heavy (non-hydrogen) atoms. The highest BCUT2D eigenvalue weighted by Crippen LogP contribution is 2.27. The first-order valence-electron chi connectivity index (χ1n) is 6.52. The Morgan fingerprint density at radius 1 is 1.30 bits per heavy atom. The minimum Gasteiger partial charge on any atom is -0.322 e. The molecule has 8 nitrogen and oxygen atoms in total. The second-order valence-electron chi connectivity index (χ2n) is 4.77. The maximum atomic E-state index is 12.3. The first kappa shape index (κ1) is 14.9. The third-order valence-corrected chi connectivity index (χ3v) is 3.56. The Hall–Kier alpha value is -3.00. The summed E-state index contributed by atoms with van der Waals surface area (Å²) in [4.78, 5) is 22.5. The van der Waals surface area contributed by atoms with Crippen LogP contribution in [0.1, 0.15) is 16.2 Å². The number of rotatable bonds is 3. The number of carbonyl (C=O) groups is 1. The van der Waals surface area contributed by atoms with Crippen LogP contribution >= 0.6 is 11.6 Å². The number of aryl methyl sites for hydroxylation is 1. The monoisotopic (exact) mass is 331 g/mol. The molecule has 3 aromatic rings. The van der Waals surface area contributed by atoms with Crippen molar-refractivity contribution in [3.8, 4) is 0 Å². The van der Waals surface area contributed by atoms with Crippen molar-refractivity contribution in [3.05, 3.63) is 63.1 Å². The van der Waals surface area contributed by atoms with Gasteiger partial charge in [-0.2, -0.15) is 0 Å². The first-order valence-corrected chi connectivity index (χ1v) is 6.90. The van der Waals surface area contributed by atoms with Crippen molar-refractivity contribution in [3.63, 3.8) is 0 Å². The van der Waals surface area contributed by atoms with Gasteiger partial charge in [0.2, 0.25) is 0 Å². The van der Waals surface area contributed by atoms with Crippen LogP contribution in [0.3, 0.4) is 0 Å². The molecule has 0 saturated carbocycles. The van der Waals surface area contributed by atoms with Gasteiger partial charge in [-0.3, -0.25) is 19.3 Å². The molecule has 116 valence electrons. The van der Waals surface area contributed by atoms with Gasteiger partial charge < -0.3 is 5.32 Å². The first-order chi connectivity index (χ1) is 11.0. The van der Waals surface area contributed by atoms with Crippen LogP contribution < -0.4 is 5.32 Å². The molecule has 0 aliphatic rings. The largest absolute Gasteiger partial charge is 0.322 e. The molecule has 0 aliphatic carbocycles. The van der Waals surface area contributed by atoms with Crippen LogP contribution in [0.4, 0.5) is 11.4 Å². The van der Waals surface area contributed by atoms with Crippen molar-refractivity contribution in [1.82, 2.24) is 14.6 Å². The molecule has 0 unspecified atom stereocenters. The summed E-state index contributed by atoms with van der Waals surface area (Å²) in [5.74, 6) is 0.296. The average molecular weight is 332 g/mol. The van der Waals surface area contributed by atoms with Crippen LogP contribution in [0.5, 0.6) is 0 Å². The van der Waals surface area contributed by atoms with E-state index in [1.807, 2.05) is 0 Å². The van der Waals surface area contributed by atoms with Gasteiger partial charge in [-0.25, -0.2) is 0 Å². The van der Waals surface area contributed by atoms with Crippen molar-refractivity contribution < 1.29 is 9.72 Å². The molecule has 9 heteroatoms. The number of nitrogens with one attached hydrogen (secondary N) is 1. The summed E-state index contributed by atoms with van der Waals surface area (Å²) in [5.41, 5.74) is 0.913. The van der Waals surface area contributed by atoms with Crippen molar-refractivity contribution in [2.24, 2.45) is 0 Å². The van der Waals surface area contributed by atoms with Crippen LogP contribution in [0.15, 0.2) is 36.5 Å². The summed E-state index contributed by atoms with van der Waals surface area (Å²) < 4.78 is 1.74. The number of halogens is 1. The Kier molecular flexibility index (Phi) is 3.67. The Morgan fingerprint density at radius 3 is 2.83 bits per heavy atom. The van der Waals surface area contributed by atoms with Crippen LogP contribution in [0.2, 0.25) is 5.02 Å². The molecule has 1 aromatic carbocycles. The van der Waals surface area contributed by atoms with Gasteiger partial charge in [0.05, 0.1) is 4.92 Å². The van der Waals surface area contributed by atoms with Crippen molar-refractivity contribution in [2.45, 2.75) is 6.92 Å². The molecule has 2 aromatic heterocycles. The number of aromatic nitrogens is 3. The smallest absolute Gasteiger partial charge is 0.289 e. The molecule has 0 fully saturated rings. The number of amides is 1. The third kappa shape index (κ3) is 2.84. The predicted molar refractivity (Wildman–Crippen MR) is 83.8 cm³/mol. The second kappa shape index (κ2) is 5.65. The maximum absolute atomic E-state index is 12.3. The number of fused-ring (bicyclic) bond motifs is 1. The van der Waals surface area contributed by atoms with Crippen molar-refractivity contribution >= 4 is 34.5 Å². The normalized spacial score (nSPS) is 10.7. The van der Waals surface area contributed by atoms with E-state index < -0.39 is 10.8 Å². The van der Waals surface area contributed by atoms with E-state index in [-0.39, 0.29) is 16.4 Å². The molecular formula is C14H10ClN5O3. The van der Waals surface area contributed by atoms with Crippen LogP contribution in [0.25, 0.3) is 5.65 Å². The SMILES string of the molecule is Cc1nnc2cc(C(=O)Nc3ccc(Cl)c([N+](=O)[O-])c3)ccn12. The fourth-order valence-corrected chi connectivity index (χ4v) is 2.27. The van der Waals surface area contributed by atoms with Gasteiger partial charge >= 0.3 is 0 Å². The van der Waals surface area contributed by atoms with Crippen LogP contribution in [-0.2, 0) is 0 Å². The fraction of sp³-hybridized carbons (Fsp3) is 0.0714. The summed E-state index contributed by atoms with van der Waals surface area (Å²) in [6.45, 7) is 1.80. The molecule has 0 spiro atoms. The summed E-state index contributed by atoms with van der Waals surface area (Å²) in [6, 6.07) is 7.26. The molecule has 3 rings (SSSR count). The summed E-state index contributed by atoms with van der Waals surface area (Å²) >= 11 is 5.74. The molecule has 0 saturated heterocycles. The molecule has 0 aliphatic heterocycles. The molecule has 2 heterocycles. The second-order valence-corrected chi connectivity index (χ2v) is 5.18. The topological polar surface area (TPSA) is 102 Å². The highest BCUT2D eigenvalue weighted by molar-refractivity contribution is 6.32. The lowest BCUT2D eigenvalue weighted by atomic mass is 10.2. The van der Waals surface area contributed by atoms with Crippen LogP contribution in [-0.4, -0.2) is 25.4 Å². The number of hydrogen-bond acceptors (Lipinski definition) is 5. The summed E-state index contributed by atoms with van der Waals surface area (Å²) in [7, 11) is 0. The number of nitro benzene ring substituents is 1. The molecule has 0 bridgehead atoms. The molecule has 0 atom stereocenters. The highest BCUT2D eigenvalue weighted by Gasteiger charge is 2.15. The van der Waals surface area contributed by atoms with Crippen LogP contribution in [0, 0.1) is 17.0 Å². The van der Waals surface area contributed by atoms with Gasteiger partial charge in [0.15, 0.2) is 5.65 Å². The van der Waals surface area contributed by atoms with Gasteiger partial charge in [0.25, 0.3) is 11.6 Å². The molecule has 1 N–H and O–H groups in total. The zero-order valence-electron chi connectivity index (χ0n) is 11.9. The summed E-state index contributed by atoms with van der Waals surface area (Å²) in [6.07, 6.45) is 1.68. The summed E-state index contributed by atoms with van der Waals surface area (Å²) in [5, 5.41) is 21.3. The van der Waals surface area contributed by atoms with Gasteiger partial charge in [-0.05, 0) is 31.2 Å². The number of hydrogen-bond donors (Lipinski definition) is 1. The maximum Gasteiger partial charge on any atom is 0.289 e. The Bertz CT molecular complexity index is 937. The lowest BCUT2D eigenvalue weighted by Gasteiger charge is -2.06. The van der Waals surface area contributed by atoms with E-state index in [4.69, 9.17) is 11.6 Å². The average Bonchev–Trinajstić information content (AvgIpc) is 2.89. The number of nitrogens with zero attached hydrogens (tertiary/aromatic N) is 4. The number of benzene rings is 1. The van der Waals surface area contributed by atoms with E-state index in [0.29, 0.717) is 17.0 Å². The quantitative estimate of drug-likeness (QED) is 0.587. The van der Waals surface area contributed by atoms with Gasteiger partial charge in [-0.1, -0.05) is 11.6 Å². The van der Waals surface area contributed by atoms with Gasteiger partial charge in [-0.15, -0.1) is 10.2 Å². The van der Waals surface area contributed by atoms with E-state index in [0.717, 1.165) is 0 Å². The Labute approximate surface area is 134 Å². The number of pyridine rings is 1. The van der Waals surface area contributed by atoms with Crippen molar-refractivity contribution in [1.29, 1.82) is 0 Å². The van der Waals surface area contributed by atoms with E-state index in [1.54, 1.807) is 29.7 Å². The zero-order chi connectivity index (χ0) is 16.6. The fourth-order valence-electron chi connectivity index (χ4n) is 2.09. The Morgan fingerprint density at radius 2 is 2.09 bits per heavy atom. The lowest BCUT2D eigenvalue weighted by molar-refractivity contribution is -0.384. The van der Waals surface area contributed by atoms with E-state index in [1.165, 1.54) is 18.2 Å². The minimum atomic E-state index is -0.608. The van der Waals surface area contributed by atoms with E-state index >= 15 is 0 Å². The third-order valence-electron chi connectivity index (χ3n) is 3.24. The molecule has 1 amide bonds. The Balaban J connectivity index is 1.88. The number of carbonyl (C=O) groups excluding carboxylic acids is 1. The van der Waals surface area contributed by atoms with E-state index in [9.17, 15) is 14.9 Å². The molecule has 0 radical (unpaired) electrons. The highest BCUT2D eigenvalue weighted by atomic mass is 35.5. The zero-order valence-corrected chi connectivity index (χ0v) is 12.6. The molecular weight excluding hydrogens is 322 g/mol. The number of anilines is 1. The van der Waals surface area contributed by atoms with Gasteiger partial charge in [0.1, 0.15) is 10.8 Å². The lowest BCUT2D eigenvalue weighted by Crippen LogP contribution is -2.12.